The van der Waals surface area contributed by atoms with Crippen LogP contribution in [0.4, 0.5) is 22.7 Å². The lowest BCUT2D eigenvalue weighted by Crippen LogP contribution is -2.28. The molecule has 11 nitrogen and oxygen atoms in total. The van der Waals surface area contributed by atoms with E-state index in [1.807, 2.05) is 107 Å². The van der Waals surface area contributed by atoms with Crippen LogP contribution >= 0.6 is 23.2 Å². The van der Waals surface area contributed by atoms with E-state index in [9.17, 15) is 15.3 Å². The summed E-state index contributed by atoms with van der Waals surface area (Å²) in [6.45, 7) is 17.4. The summed E-state index contributed by atoms with van der Waals surface area (Å²) < 4.78 is 23.2. The van der Waals surface area contributed by atoms with Crippen molar-refractivity contribution in [3.63, 3.8) is 0 Å². The number of halogens is 2. The van der Waals surface area contributed by atoms with Crippen molar-refractivity contribution in [3.8, 4) is 34.4 Å². The first kappa shape index (κ1) is 44.9. The van der Waals surface area contributed by atoms with Crippen LogP contribution in [0.5, 0.6) is 0 Å². The minimum Gasteiger partial charge on any atom is -0.460 e. The first-order valence-electron chi connectivity index (χ1n) is 20.9. The maximum Gasteiger partial charge on any atom is 0.307 e. The van der Waals surface area contributed by atoms with E-state index in [0.29, 0.717) is 46.6 Å². The normalized spacial score (nSPS) is 15.6. The van der Waals surface area contributed by atoms with Crippen LogP contribution in [-0.4, -0.2) is 47.2 Å². The molecule has 2 unspecified atom stereocenters. The second-order valence-corrected chi connectivity index (χ2v) is 18.7. The highest BCUT2D eigenvalue weighted by Gasteiger charge is 2.36. The van der Waals surface area contributed by atoms with Crippen LogP contribution in [0.15, 0.2) is 94.0 Å². The van der Waals surface area contributed by atoms with Gasteiger partial charge in [-0.05, 0) is 135 Å². The Morgan fingerprint density at radius 2 is 1.14 bits per heavy atom. The summed E-state index contributed by atoms with van der Waals surface area (Å²) in [5.74, 6) is 1.04. The third kappa shape index (κ3) is 10.2. The van der Waals surface area contributed by atoms with Gasteiger partial charge in [0, 0.05) is 75.2 Å². The third-order valence-electron chi connectivity index (χ3n) is 10.8. The molecule has 0 radical (unpaired) electrons. The molecule has 4 heterocycles. The van der Waals surface area contributed by atoms with Gasteiger partial charge in [0.05, 0.1) is 58.0 Å². The van der Waals surface area contributed by atoms with E-state index in [4.69, 9.17) is 41.7 Å². The lowest BCUT2D eigenvalue weighted by molar-refractivity contribution is -0.155. The predicted octanol–water partition coefficient (Wildman–Crippen LogP) is 12.8. The van der Waals surface area contributed by atoms with Crippen LogP contribution in [0, 0.1) is 36.5 Å². The van der Waals surface area contributed by atoms with Gasteiger partial charge in [0.15, 0.2) is 0 Å². The van der Waals surface area contributed by atoms with Crippen LogP contribution in [0.3, 0.4) is 0 Å². The van der Waals surface area contributed by atoms with E-state index in [0.717, 1.165) is 68.6 Å². The number of aryl methyl sites for hydroxylation is 2. The van der Waals surface area contributed by atoms with Gasteiger partial charge in [0.1, 0.15) is 17.1 Å². The molecule has 13 heteroatoms. The number of rotatable bonds is 7. The van der Waals surface area contributed by atoms with Gasteiger partial charge >= 0.3 is 5.97 Å². The number of hydrogen-bond acceptors (Lipinski definition) is 11. The fourth-order valence-corrected chi connectivity index (χ4v) is 8.39. The number of aromatic nitrogens is 2. The molecule has 0 saturated heterocycles. The SMILES string of the molecule is Cc1noc2c1-c1ccc(Cl)cc1N(c1ccc(C#N)cc1)CC2CC(=O)OC(C)(C)C.Cc1noc2c1-c1ccc(Cl)cc1N(c1ccc(C#N)cc1)CC2CCOC(C)(C)C. The molecule has 8 rings (SSSR count). The number of anilines is 4. The van der Waals surface area contributed by atoms with Gasteiger partial charge in [-0.1, -0.05) is 45.6 Å². The third-order valence-corrected chi connectivity index (χ3v) is 11.3. The molecular formula is C50H50Cl2N6O5. The minimum absolute atomic E-state index is 0.0837. The van der Waals surface area contributed by atoms with Crippen LogP contribution in [0.25, 0.3) is 22.3 Å². The van der Waals surface area contributed by atoms with Crippen LogP contribution in [0.1, 0.15) is 100 Å². The molecule has 4 aromatic carbocycles. The fraction of sp³-hybridized carbons (Fsp3) is 0.340. The summed E-state index contributed by atoms with van der Waals surface area (Å²) in [7, 11) is 0. The van der Waals surface area contributed by atoms with Gasteiger partial charge < -0.3 is 28.3 Å². The van der Waals surface area contributed by atoms with Gasteiger partial charge in [-0.3, -0.25) is 4.79 Å². The lowest BCUT2D eigenvalue weighted by Gasteiger charge is -2.28. The largest absolute Gasteiger partial charge is 0.460 e. The Morgan fingerprint density at radius 3 is 1.57 bits per heavy atom. The predicted molar refractivity (Wildman–Crippen MR) is 246 cm³/mol. The van der Waals surface area contributed by atoms with E-state index >= 15 is 0 Å². The highest BCUT2D eigenvalue weighted by Crippen LogP contribution is 2.48. The zero-order valence-electron chi connectivity index (χ0n) is 36.8. The Hall–Kier alpha value is -6.11. The van der Waals surface area contributed by atoms with E-state index in [1.165, 1.54) is 0 Å². The number of benzene rings is 4. The van der Waals surface area contributed by atoms with Gasteiger partial charge in [-0.2, -0.15) is 10.5 Å². The van der Waals surface area contributed by atoms with Gasteiger partial charge in [-0.25, -0.2) is 0 Å². The minimum atomic E-state index is -0.578. The summed E-state index contributed by atoms with van der Waals surface area (Å²) in [6.07, 6.45) is 0.945. The van der Waals surface area contributed by atoms with Crippen molar-refractivity contribution in [1.29, 1.82) is 10.5 Å². The van der Waals surface area contributed by atoms with Gasteiger partial charge in [-0.15, -0.1) is 0 Å². The van der Waals surface area contributed by atoms with Gasteiger partial charge in [0.2, 0.25) is 0 Å². The Morgan fingerprint density at radius 1 is 0.698 bits per heavy atom. The van der Waals surface area contributed by atoms with Crippen LogP contribution < -0.4 is 9.80 Å². The highest BCUT2D eigenvalue weighted by atomic mass is 35.5. The maximum atomic E-state index is 12.7. The Labute approximate surface area is 378 Å². The first-order valence-corrected chi connectivity index (χ1v) is 21.6. The van der Waals surface area contributed by atoms with E-state index in [2.05, 4.69) is 53.0 Å². The lowest BCUT2D eigenvalue weighted by atomic mass is 9.95. The molecule has 2 aromatic heterocycles. The topological polar surface area (TPSA) is 142 Å². The number of fused-ring (bicyclic) bond motifs is 6. The Balaban J connectivity index is 0.000000189. The van der Waals surface area contributed by atoms with Crippen molar-refractivity contribution in [1.82, 2.24) is 10.3 Å². The number of carbonyl (C=O) groups is 1. The summed E-state index contributed by atoms with van der Waals surface area (Å²) in [6, 6.07) is 30.9. The van der Waals surface area contributed by atoms with Crippen LogP contribution in [-0.2, 0) is 14.3 Å². The molecule has 2 aliphatic heterocycles. The molecule has 2 aliphatic rings. The average Bonchev–Trinajstić information content (AvgIpc) is 3.73. The number of nitriles is 2. The summed E-state index contributed by atoms with van der Waals surface area (Å²) in [5.41, 5.74) is 9.70. The van der Waals surface area contributed by atoms with Gasteiger partial charge in [0.25, 0.3) is 0 Å². The van der Waals surface area contributed by atoms with Crippen molar-refractivity contribution in [2.75, 3.05) is 29.5 Å². The number of ether oxygens (including phenoxy) is 2. The molecule has 63 heavy (non-hydrogen) atoms. The maximum absolute atomic E-state index is 12.7. The van der Waals surface area contributed by atoms with E-state index < -0.39 is 5.60 Å². The number of nitrogens with zero attached hydrogens (tertiary/aromatic N) is 6. The second kappa shape index (κ2) is 18.3. The zero-order chi connectivity index (χ0) is 45.2. The van der Waals surface area contributed by atoms with Crippen molar-refractivity contribution in [3.05, 3.63) is 129 Å². The van der Waals surface area contributed by atoms with Crippen molar-refractivity contribution >= 4 is 51.9 Å². The molecule has 0 N–H and O–H groups in total. The number of hydrogen-bond donors (Lipinski definition) is 0. The summed E-state index contributed by atoms with van der Waals surface area (Å²) >= 11 is 12.8. The summed E-state index contributed by atoms with van der Waals surface area (Å²) in [5, 5.41) is 28.1. The molecule has 0 fully saturated rings. The molecule has 324 valence electrons. The van der Waals surface area contributed by atoms with Crippen molar-refractivity contribution in [2.24, 2.45) is 0 Å². The molecule has 6 aromatic rings. The van der Waals surface area contributed by atoms with Crippen molar-refractivity contribution < 1.29 is 23.3 Å². The molecule has 2 atom stereocenters. The summed E-state index contributed by atoms with van der Waals surface area (Å²) in [4.78, 5) is 17.1. The average molecular weight is 886 g/mol. The molecule has 0 aliphatic carbocycles. The quantitative estimate of drug-likeness (QED) is 0.141. The number of carbonyl (C=O) groups excluding carboxylic acids is 1. The fourth-order valence-electron chi connectivity index (χ4n) is 8.06. The molecule has 0 amide bonds. The second-order valence-electron chi connectivity index (χ2n) is 17.8. The molecule has 0 spiro atoms. The van der Waals surface area contributed by atoms with E-state index in [-0.39, 0.29) is 29.8 Å². The van der Waals surface area contributed by atoms with Crippen LogP contribution in [0.2, 0.25) is 10.0 Å². The standard InChI is InChI=1S/C25H24ClN3O3.C25H26ClN3O2/c1-15-23-20-10-7-18(26)12-21(20)29(19-8-5-16(13-27)6-9-19)14-17(24(23)32-28-15)11-22(30)31-25(2,3)4;1-16-23-21-10-7-19(26)13-22(21)29(20-8-5-17(14-27)6-9-20)15-18(24(23)31-28-16)11-12-30-25(2,3)4/h5-10,12,17H,11,14H2,1-4H3;5-10,13,18H,11-12,15H2,1-4H3. The first-order chi connectivity index (χ1) is 29.9. The zero-order valence-corrected chi connectivity index (χ0v) is 38.3. The molecular weight excluding hydrogens is 835 g/mol. The highest BCUT2D eigenvalue weighted by molar-refractivity contribution is 6.31. The molecule has 0 bridgehead atoms. The Bertz CT molecular complexity index is 2700. The van der Waals surface area contributed by atoms with Crippen molar-refractivity contribution in [2.45, 2.75) is 91.3 Å². The number of esters is 1. The van der Waals surface area contributed by atoms with E-state index in [1.54, 1.807) is 12.1 Å². The smallest absolute Gasteiger partial charge is 0.307 e. The monoisotopic (exact) mass is 884 g/mol. The Kier molecular flexibility index (Phi) is 13.1. The molecule has 0 saturated carbocycles.